The van der Waals surface area contributed by atoms with Crippen LogP contribution in [0.2, 0.25) is 0 Å². The summed E-state index contributed by atoms with van der Waals surface area (Å²) in [5, 5.41) is 13.2. The van der Waals surface area contributed by atoms with Gasteiger partial charge in [-0.2, -0.15) is 0 Å². The van der Waals surface area contributed by atoms with Gasteiger partial charge < -0.3 is 38.3 Å². The van der Waals surface area contributed by atoms with Crippen LogP contribution in [-0.2, 0) is 54.1 Å². The van der Waals surface area contributed by atoms with Crippen molar-refractivity contribution in [1.29, 1.82) is 0 Å². The Kier molecular flexibility index (Phi) is 7.35. The summed E-state index contributed by atoms with van der Waals surface area (Å²) in [5.74, 6) is -7.00. The maximum atomic E-state index is 15.0. The van der Waals surface area contributed by atoms with Gasteiger partial charge in [-0.15, -0.1) is 0 Å². The molecule has 2 spiro atoms. The van der Waals surface area contributed by atoms with Gasteiger partial charge in [0.1, 0.15) is 11.5 Å². The summed E-state index contributed by atoms with van der Waals surface area (Å²) in [4.78, 5) is 71.4. The van der Waals surface area contributed by atoms with Crippen molar-refractivity contribution >= 4 is 29.8 Å². The zero-order valence-electron chi connectivity index (χ0n) is 29.8. The van der Waals surface area contributed by atoms with E-state index in [1.165, 1.54) is 19.1 Å². The molecule has 13 heteroatoms. The Morgan fingerprint density at radius 3 is 1.89 bits per heavy atom. The van der Waals surface area contributed by atoms with E-state index in [1.807, 2.05) is 51.1 Å². The number of fused-ring (bicyclic) bond motifs is 2. The number of rotatable bonds is 7. The van der Waals surface area contributed by atoms with Gasteiger partial charge in [-0.05, 0) is 42.2 Å². The molecule has 0 amide bonds. The number of esters is 5. The topological polar surface area (TPSA) is 170 Å². The van der Waals surface area contributed by atoms with E-state index in [0.717, 1.165) is 0 Å². The van der Waals surface area contributed by atoms with Crippen molar-refractivity contribution in [2.75, 3.05) is 0 Å². The first-order valence-corrected chi connectivity index (χ1v) is 18.0. The van der Waals surface area contributed by atoms with Crippen LogP contribution in [0.4, 0.5) is 0 Å². The van der Waals surface area contributed by atoms with Gasteiger partial charge in [-0.3, -0.25) is 4.79 Å². The Hall–Kier alpha value is -5.11. The van der Waals surface area contributed by atoms with Crippen molar-refractivity contribution in [3.8, 4) is 0 Å². The molecule has 2 aliphatic carbocycles. The van der Waals surface area contributed by atoms with Crippen molar-refractivity contribution in [2.45, 2.75) is 82.3 Å². The van der Waals surface area contributed by atoms with E-state index in [-0.39, 0.29) is 17.7 Å². The minimum Gasteiger partial charge on any atom is -0.456 e. The molecule has 6 aliphatic rings. The van der Waals surface area contributed by atoms with Gasteiger partial charge in [0.05, 0.1) is 29.1 Å². The number of hydrogen-bond acceptors (Lipinski definition) is 13. The highest BCUT2D eigenvalue weighted by Gasteiger charge is 3.06. The third-order valence-corrected chi connectivity index (χ3v) is 12.6. The average molecular weight is 739 g/mol. The number of ether oxygens (including phenoxy) is 7. The Bertz CT molecular complexity index is 2070. The highest BCUT2D eigenvalue weighted by atomic mass is 16.8. The maximum absolute atomic E-state index is 15.0. The van der Waals surface area contributed by atoms with Crippen LogP contribution in [0.25, 0.3) is 0 Å². The lowest BCUT2D eigenvalue weighted by Gasteiger charge is -2.52. The van der Waals surface area contributed by atoms with Gasteiger partial charge in [0.25, 0.3) is 0 Å². The molecular formula is C41H38O13. The molecule has 3 aromatic carbocycles. The molecule has 4 saturated heterocycles. The zero-order valence-corrected chi connectivity index (χ0v) is 29.8. The first kappa shape index (κ1) is 34.6. The Morgan fingerprint density at radius 1 is 0.759 bits per heavy atom. The first-order chi connectivity index (χ1) is 25.8. The molecular weight excluding hydrogens is 700 g/mol. The second-order valence-electron chi connectivity index (χ2n) is 16.0. The van der Waals surface area contributed by atoms with Gasteiger partial charge in [0, 0.05) is 5.92 Å². The van der Waals surface area contributed by atoms with E-state index in [9.17, 15) is 24.3 Å². The molecule has 9 rings (SSSR count). The standard InChI is InChI=1S/C41H38O13/c1-21-31(42)52-29-28(51-33(44)24-18-12-7-13-19-24)39-27(50-32(43)23-16-10-6-11-17-23)25-26(37(2,3)4)38(39)30(48-20-22-14-8-5-9-15-22)34(45)53-36(38)54-41(39,35(46)49-25)40(21,29)47/h5-19,21,25-30,36,47H,20H2,1-4H3/t21-,25-,26+,27?,28+,29?,30+,36?,38?,39?,40-,41?/m1/s1. The Balaban J connectivity index is 1.35. The van der Waals surface area contributed by atoms with Gasteiger partial charge in [0.15, 0.2) is 30.0 Å². The summed E-state index contributed by atoms with van der Waals surface area (Å²) in [6.45, 7) is 6.85. The summed E-state index contributed by atoms with van der Waals surface area (Å²) in [7, 11) is 0. The minimum atomic E-state index is -2.66. The molecule has 6 fully saturated rings. The summed E-state index contributed by atoms with van der Waals surface area (Å²) >= 11 is 0. The SMILES string of the molecule is C[C@@H]1C(=O)OC2[C@H](OC(=O)c3ccccc3)C34C(OC(=O)c5ccccc5)[C@@H]5OC(=O)C3(OC3OC(=O)[C@H](OCc6ccccc6)C34[C@@H]5C(C)(C)C)[C@]21O. The fraction of sp³-hybridized carbons (Fsp3) is 0.439. The third kappa shape index (κ3) is 3.96. The largest absolute Gasteiger partial charge is 0.456 e. The number of carbonyl (C=O) groups excluding carboxylic acids is 5. The van der Waals surface area contributed by atoms with E-state index in [1.54, 1.807) is 48.5 Å². The van der Waals surface area contributed by atoms with Crippen LogP contribution in [0, 0.1) is 28.1 Å². The molecule has 2 saturated carbocycles. The summed E-state index contributed by atoms with van der Waals surface area (Å²) in [6.07, 6.45) is -9.59. The molecule has 0 aromatic heterocycles. The van der Waals surface area contributed by atoms with Gasteiger partial charge in [-0.1, -0.05) is 87.5 Å². The van der Waals surface area contributed by atoms with E-state index in [0.29, 0.717) is 5.56 Å². The fourth-order valence-electron chi connectivity index (χ4n) is 10.9. The number of hydrogen-bond donors (Lipinski definition) is 1. The molecule has 12 atom stereocenters. The molecule has 13 nitrogen and oxygen atoms in total. The van der Waals surface area contributed by atoms with Crippen LogP contribution in [-0.4, -0.2) is 83.0 Å². The summed E-state index contributed by atoms with van der Waals surface area (Å²) in [6, 6.07) is 25.2. The monoisotopic (exact) mass is 738 g/mol. The lowest BCUT2D eigenvalue weighted by Crippen LogP contribution is -2.74. The minimum absolute atomic E-state index is 0.101. The molecule has 3 aromatic rings. The van der Waals surface area contributed by atoms with E-state index in [2.05, 4.69) is 0 Å². The highest BCUT2D eigenvalue weighted by Crippen LogP contribution is 2.85. The van der Waals surface area contributed by atoms with Crippen molar-refractivity contribution in [1.82, 2.24) is 0 Å². The second-order valence-corrected chi connectivity index (χ2v) is 16.0. The number of benzene rings is 3. The van der Waals surface area contributed by atoms with Crippen LogP contribution < -0.4 is 0 Å². The van der Waals surface area contributed by atoms with E-state index in [4.69, 9.17) is 33.2 Å². The Labute approximate surface area is 309 Å². The molecule has 0 radical (unpaired) electrons. The lowest BCUT2D eigenvalue weighted by molar-refractivity contribution is -0.281. The molecule has 280 valence electrons. The van der Waals surface area contributed by atoms with Crippen LogP contribution in [0.15, 0.2) is 91.0 Å². The lowest BCUT2D eigenvalue weighted by atomic mass is 9.50. The quantitative estimate of drug-likeness (QED) is 0.276. The molecule has 4 heterocycles. The molecule has 54 heavy (non-hydrogen) atoms. The van der Waals surface area contributed by atoms with Gasteiger partial charge in [0.2, 0.25) is 11.9 Å². The highest BCUT2D eigenvalue weighted by molar-refractivity contribution is 5.96. The van der Waals surface area contributed by atoms with Crippen molar-refractivity contribution in [3.05, 3.63) is 108 Å². The molecule has 1 N–H and O–H groups in total. The molecule has 6 unspecified atom stereocenters. The van der Waals surface area contributed by atoms with Crippen molar-refractivity contribution < 1.29 is 62.2 Å². The maximum Gasteiger partial charge on any atom is 0.343 e. The van der Waals surface area contributed by atoms with Crippen LogP contribution >= 0.6 is 0 Å². The van der Waals surface area contributed by atoms with E-state index >= 15 is 4.79 Å². The smallest absolute Gasteiger partial charge is 0.343 e. The third-order valence-electron chi connectivity index (χ3n) is 12.6. The van der Waals surface area contributed by atoms with Gasteiger partial charge >= 0.3 is 29.8 Å². The van der Waals surface area contributed by atoms with Crippen molar-refractivity contribution in [3.63, 3.8) is 0 Å². The number of aliphatic hydroxyl groups is 1. The predicted molar refractivity (Wildman–Crippen MR) is 182 cm³/mol. The van der Waals surface area contributed by atoms with E-state index < -0.39 is 106 Å². The summed E-state index contributed by atoms with van der Waals surface area (Å²) < 4.78 is 44.5. The first-order valence-electron chi connectivity index (χ1n) is 18.0. The average Bonchev–Trinajstić information content (AvgIpc) is 3.78. The van der Waals surface area contributed by atoms with Gasteiger partial charge in [-0.25, -0.2) is 19.2 Å². The summed E-state index contributed by atoms with van der Waals surface area (Å²) in [5.41, 5.74) is -9.28. The second kappa shape index (κ2) is 11.5. The normalized spacial score (nSPS) is 39.5. The van der Waals surface area contributed by atoms with Crippen LogP contribution in [0.1, 0.15) is 54.0 Å². The predicted octanol–water partition coefficient (Wildman–Crippen LogP) is 3.56. The van der Waals surface area contributed by atoms with Crippen molar-refractivity contribution in [2.24, 2.45) is 28.1 Å². The number of carbonyl (C=O) groups is 5. The molecule has 2 bridgehead atoms. The fourth-order valence-corrected chi connectivity index (χ4v) is 10.9. The van der Waals surface area contributed by atoms with Crippen LogP contribution in [0.3, 0.4) is 0 Å². The molecule has 4 aliphatic heterocycles. The Morgan fingerprint density at radius 2 is 1.31 bits per heavy atom. The van der Waals surface area contributed by atoms with Crippen LogP contribution in [0.5, 0.6) is 0 Å². The zero-order chi connectivity index (χ0) is 38.0.